The van der Waals surface area contributed by atoms with E-state index in [0.29, 0.717) is 18.8 Å². The molecule has 0 aromatic carbocycles. The van der Waals surface area contributed by atoms with Crippen molar-refractivity contribution in [1.82, 2.24) is 14.9 Å². The lowest BCUT2D eigenvalue weighted by atomic mass is 10.4. The molecule has 0 saturated heterocycles. The minimum Gasteiger partial charge on any atom is -0.383 e. The van der Waals surface area contributed by atoms with Crippen LogP contribution in [-0.2, 0) is 17.0 Å². The van der Waals surface area contributed by atoms with E-state index in [-0.39, 0.29) is 5.91 Å². The standard InChI is InChI=1S/C10H15N3O2S/c1-15-4-2-11-10(14)8-6-13-3-5-16-7-9(13)12-8/h6H,2-5,7H2,1H3,(H,11,14). The number of hydrogen-bond acceptors (Lipinski definition) is 4. The average Bonchev–Trinajstić information content (AvgIpc) is 2.73. The van der Waals surface area contributed by atoms with Gasteiger partial charge in [-0.3, -0.25) is 4.79 Å². The summed E-state index contributed by atoms with van der Waals surface area (Å²) in [7, 11) is 1.61. The molecule has 1 amide bonds. The molecule has 0 saturated carbocycles. The first-order valence-electron chi connectivity index (χ1n) is 5.22. The molecule has 1 N–H and O–H groups in total. The third kappa shape index (κ3) is 2.56. The van der Waals surface area contributed by atoms with Gasteiger partial charge in [0.15, 0.2) is 0 Å². The van der Waals surface area contributed by atoms with Crippen molar-refractivity contribution in [1.29, 1.82) is 0 Å². The van der Waals surface area contributed by atoms with E-state index >= 15 is 0 Å². The molecule has 0 radical (unpaired) electrons. The van der Waals surface area contributed by atoms with Crippen molar-refractivity contribution in [2.24, 2.45) is 0 Å². The fourth-order valence-electron chi connectivity index (χ4n) is 1.56. The van der Waals surface area contributed by atoms with Crippen molar-refractivity contribution in [3.8, 4) is 0 Å². The molecule has 0 fully saturated rings. The normalized spacial score (nSPS) is 14.6. The molecule has 0 spiro atoms. The molecular formula is C10H15N3O2S. The van der Waals surface area contributed by atoms with Crippen molar-refractivity contribution in [2.45, 2.75) is 12.3 Å². The van der Waals surface area contributed by atoms with Crippen molar-refractivity contribution >= 4 is 17.7 Å². The molecule has 1 aromatic rings. The van der Waals surface area contributed by atoms with E-state index in [0.717, 1.165) is 23.9 Å². The lowest BCUT2D eigenvalue weighted by Gasteiger charge is -2.11. The predicted molar refractivity (Wildman–Crippen MR) is 62.6 cm³/mol. The van der Waals surface area contributed by atoms with E-state index in [1.165, 1.54) is 0 Å². The number of aromatic nitrogens is 2. The predicted octanol–water partition coefficient (Wildman–Crippen LogP) is 0.506. The number of carbonyl (C=O) groups is 1. The van der Waals surface area contributed by atoms with Crippen LogP contribution >= 0.6 is 11.8 Å². The molecule has 2 rings (SSSR count). The monoisotopic (exact) mass is 241 g/mol. The third-order valence-electron chi connectivity index (χ3n) is 2.39. The number of fused-ring (bicyclic) bond motifs is 1. The van der Waals surface area contributed by atoms with Gasteiger partial charge in [-0.05, 0) is 0 Å². The van der Waals surface area contributed by atoms with Crippen LogP contribution in [0.4, 0.5) is 0 Å². The summed E-state index contributed by atoms with van der Waals surface area (Å²) in [6.45, 7) is 1.99. The second-order valence-corrected chi connectivity index (χ2v) is 4.64. The number of nitrogens with one attached hydrogen (secondary N) is 1. The Morgan fingerprint density at radius 3 is 3.38 bits per heavy atom. The van der Waals surface area contributed by atoms with E-state index in [2.05, 4.69) is 14.9 Å². The van der Waals surface area contributed by atoms with Gasteiger partial charge >= 0.3 is 0 Å². The smallest absolute Gasteiger partial charge is 0.271 e. The van der Waals surface area contributed by atoms with Gasteiger partial charge in [0.2, 0.25) is 0 Å². The number of hydrogen-bond donors (Lipinski definition) is 1. The van der Waals surface area contributed by atoms with E-state index in [1.807, 2.05) is 18.0 Å². The SMILES string of the molecule is COCCNC(=O)c1cn2c(n1)CSCC2. The van der Waals surface area contributed by atoms with Gasteiger partial charge in [-0.2, -0.15) is 11.8 Å². The highest BCUT2D eigenvalue weighted by atomic mass is 32.2. The second-order valence-electron chi connectivity index (χ2n) is 3.54. The average molecular weight is 241 g/mol. The molecular weight excluding hydrogens is 226 g/mol. The number of methoxy groups -OCH3 is 1. The summed E-state index contributed by atoms with van der Waals surface area (Å²) in [5.41, 5.74) is 0.508. The van der Waals surface area contributed by atoms with Crippen molar-refractivity contribution in [3.05, 3.63) is 17.7 Å². The van der Waals surface area contributed by atoms with Crippen LogP contribution in [0.1, 0.15) is 16.3 Å². The number of ether oxygens (including phenoxy) is 1. The summed E-state index contributed by atoms with van der Waals surface area (Å²) < 4.78 is 6.92. The molecule has 88 valence electrons. The largest absolute Gasteiger partial charge is 0.383 e. The van der Waals surface area contributed by atoms with Gasteiger partial charge in [-0.15, -0.1) is 0 Å². The number of nitrogens with zero attached hydrogens (tertiary/aromatic N) is 2. The summed E-state index contributed by atoms with van der Waals surface area (Å²) in [6.07, 6.45) is 1.83. The zero-order valence-corrected chi connectivity index (χ0v) is 10.0. The summed E-state index contributed by atoms with van der Waals surface area (Å²) in [5.74, 6) is 2.86. The Bertz CT molecular complexity index is 355. The van der Waals surface area contributed by atoms with Crippen LogP contribution < -0.4 is 5.32 Å². The minimum absolute atomic E-state index is 0.121. The molecule has 2 heterocycles. The number of thioether (sulfide) groups is 1. The molecule has 0 unspecified atom stereocenters. The lowest BCUT2D eigenvalue weighted by molar-refractivity contribution is 0.0932. The molecule has 0 atom stereocenters. The molecule has 1 aliphatic rings. The Kier molecular flexibility index (Phi) is 3.84. The second kappa shape index (κ2) is 5.36. The fourth-order valence-corrected chi connectivity index (χ4v) is 2.44. The lowest BCUT2D eigenvalue weighted by Crippen LogP contribution is -2.27. The van der Waals surface area contributed by atoms with Crippen LogP contribution in [0, 0.1) is 0 Å². The van der Waals surface area contributed by atoms with E-state index in [9.17, 15) is 4.79 Å². The fraction of sp³-hybridized carbons (Fsp3) is 0.600. The first kappa shape index (κ1) is 11.5. The maximum Gasteiger partial charge on any atom is 0.271 e. The van der Waals surface area contributed by atoms with Crippen molar-refractivity contribution in [2.75, 3.05) is 26.0 Å². The summed E-state index contributed by atoms with van der Waals surface area (Å²) in [5, 5.41) is 2.76. The topological polar surface area (TPSA) is 56.1 Å². The molecule has 1 aliphatic heterocycles. The van der Waals surface area contributed by atoms with E-state index in [4.69, 9.17) is 4.74 Å². The molecule has 0 bridgehead atoms. The van der Waals surface area contributed by atoms with E-state index in [1.54, 1.807) is 7.11 Å². The zero-order chi connectivity index (χ0) is 11.4. The molecule has 5 nitrogen and oxygen atoms in total. The van der Waals surface area contributed by atoms with Crippen molar-refractivity contribution in [3.63, 3.8) is 0 Å². The van der Waals surface area contributed by atoms with Crippen LogP contribution in [-0.4, -0.2) is 41.5 Å². The summed E-state index contributed by atoms with van der Waals surface area (Å²) >= 11 is 1.85. The van der Waals surface area contributed by atoms with Crippen LogP contribution in [0.5, 0.6) is 0 Å². The van der Waals surface area contributed by atoms with Gasteiger partial charge in [0, 0.05) is 32.1 Å². The third-order valence-corrected chi connectivity index (χ3v) is 3.32. The Hall–Kier alpha value is -1.01. The first-order valence-corrected chi connectivity index (χ1v) is 6.37. The molecule has 0 aliphatic carbocycles. The number of carbonyl (C=O) groups excluding carboxylic acids is 1. The highest BCUT2D eigenvalue weighted by molar-refractivity contribution is 7.98. The Balaban J connectivity index is 1.98. The van der Waals surface area contributed by atoms with Crippen LogP contribution in [0.3, 0.4) is 0 Å². The summed E-state index contributed by atoms with van der Waals surface area (Å²) in [4.78, 5) is 16.0. The number of amides is 1. The highest BCUT2D eigenvalue weighted by Gasteiger charge is 2.16. The van der Waals surface area contributed by atoms with E-state index < -0.39 is 0 Å². The molecule has 1 aromatic heterocycles. The highest BCUT2D eigenvalue weighted by Crippen LogP contribution is 2.18. The quantitative estimate of drug-likeness (QED) is 0.780. The van der Waals surface area contributed by atoms with Gasteiger partial charge < -0.3 is 14.6 Å². The van der Waals surface area contributed by atoms with Gasteiger partial charge in [-0.1, -0.05) is 0 Å². The Morgan fingerprint density at radius 1 is 1.75 bits per heavy atom. The number of rotatable bonds is 4. The van der Waals surface area contributed by atoms with Crippen molar-refractivity contribution < 1.29 is 9.53 Å². The molecule has 6 heteroatoms. The van der Waals surface area contributed by atoms with Gasteiger partial charge in [0.25, 0.3) is 5.91 Å². The van der Waals surface area contributed by atoms with Gasteiger partial charge in [-0.25, -0.2) is 4.98 Å². The Labute approximate surface area is 98.6 Å². The zero-order valence-electron chi connectivity index (χ0n) is 9.23. The van der Waals surface area contributed by atoms with Crippen LogP contribution in [0.15, 0.2) is 6.20 Å². The summed E-state index contributed by atoms with van der Waals surface area (Å²) in [6, 6.07) is 0. The van der Waals surface area contributed by atoms with Gasteiger partial charge in [0.1, 0.15) is 11.5 Å². The van der Waals surface area contributed by atoms with Crippen LogP contribution in [0.2, 0.25) is 0 Å². The Morgan fingerprint density at radius 2 is 2.62 bits per heavy atom. The minimum atomic E-state index is -0.121. The maximum absolute atomic E-state index is 11.7. The molecule has 16 heavy (non-hydrogen) atoms. The van der Waals surface area contributed by atoms with Gasteiger partial charge in [0.05, 0.1) is 12.4 Å². The number of imidazole rings is 1. The van der Waals surface area contributed by atoms with Crippen LogP contribution in [0.25, 0.3) is 0 Å². The first-order chi connectivity index (χ1) is 7.81. The number of aryl methyl sites for hydroxylation is 1. The maximum atomic E-state index is 11.7.